The Labute approximate surface area is 157 Å². The van der Waals surface area contributed by atoms with Gasteiger partial charge in [0.1, 0.15) is 10.8 Å². The Bertz CT molecular complexity index is 965. The Hall–Kier alpha value is -2.53. The highest BCUT2D eigenvalue weighted by molar-refractivity contribution is 7.18. The summed E-state index contributed by atoms with van der Waals surface area (Å²) < 4.78 is 1.09. The SMILES string of the molecule is CC(C)(C)c1ccc(N2C(=N)C(c3nc4ccccc4s3)CC2=O)cc1. The Morgan fingerprint density at radius 2 is 1.81 bits per heavy atom. The van der Waals surface area contributed by atoms with Crippen LogP contribution in [0.25, 0.3) is 10.2 Å². The molecule has 0 aliphatic carbocycles. The van der Waals surface area contributed by atoms with Crippen molar-refractivity contribution in [2.24, 2.45) is 0 Å². The molecule has 0 spiro atoms. The van der Waals surface area contributed by atoms with Crippen LogP contribution in [0.15, 0.2) is 48.5 Å². The second-order valence-corrected chi connectivity index (χ2v) is 8.75. The van der Waals surface area contributed by atoms with Gasteiger partial charge < -0.3 is 0 Å². The van der Waals surface area contributed by atoms with E-state index in [-0.39, 0.29) is 17.2 Å². The van der Waals surface area contributed by atoms with Gasteiger partial charge in [0, 0.05) is 6.42 Å². The summed E-state index contributed by atoms with van der Waals surface area (Å²) in [5.74, 6) is 0.0162. The molecular weight excluding hydrogens is 342 g/mol. The zero-order valence-electron chi connectivity index (χ0n) is 15.1. The van der Waals surface area contributed by atoms with Crippen molar-refractivity contribution in [3.8, 4) is 0 Å². The summed E-state index contributed by atoms with van der Waals surface area (Å²) in [6.07, 6.45) is 0.305. The van der Waals surface area contributed by atoms with Gasteiger partial charge in [-0.1, -0.05) is 45.0 Å². The van der Waals surface area contributed by atoms with Gasteiger partial charge in [0.25, 0.3) is 0 Å². The van der Waals surface area contributed by atoms with E-state index in [0.29, 0.717) is 12.3 Å². The van der Waals surface area contributed by atoms with Gasteiger partial charge in [-0.2, -0.15) is 0 Å². The van der Waals surface area contributed by atoms with Crippen LogP contribution in [0, 0.1) is 5.41 Å². The maximum absolute atomic E-state index is 12.6. The normalized spacial score (nSPS) is 18.1. The molecule has 0 bridgehead atoms. The molecule has 1 atom stereocenters. The lowest BCUT2D eigenvalue weighted by molar-refractivity contribution is -0.116. The second-order valence-electron chi connectivity index (χ2n) is 7.69. The molecule has 0 radical (unpaired) electrons. The monoisotopic (exact) mass is 363 g/mol. The average molecular weight is 363 g/mol. The molecule has 1 unspecified atom stereocenters. The number of fused-ring (bicyclic) bond motifs is 1. The van der Waals surface area contributed by atoms with Crippen LogP contribution in [-0.4, -0.2) is 16.7 Å². The molecule has 3 aromatic rings. The van der Waals surface area contributed by atoms with E-state index >= 15 is 0 Å². The fraction of sp³-hybridized carbons (Fsp3) is 0.286. The van der Waals surface area contributed by atoms with Gasteiger partial charge in [-0.25, -0.2) is 4.98 Å². The molecule has 1 N–H and O–H groups in total. The number of hydrogen-bond donors (Lipinski definition) is 1. The van der Waals surface area contributed by atoms with Gasteiger partial charge in [-0.3, -0.25) is 15.1 Å². The smallest absolute Gasteiger partial charge is 0.233 e. The second kappa shape index (κ2) is 6.02. The molecule has 2 heterocycles. The number of nitrogens with zero attached hydrogens (tertiary/aromatic N) is 2. The molecule has 4 rings (SSSR count). The topological polar surface area (TPSA) is 57.1 Å². The Balaban J connectivity index is 1.65. The van der Waals surface area contributed by atoms with Crippen LogP contribution >= 0.6 is 11.3 Å². The maximum atomic E-state index is 12.6. The minimum atomic E-state index is -0.262. The first-order chi connectivity index (χ1) is 12.3. The molecule has 5 heteroatoms. The number of aromatic nitrogens is 1. The first-order valence-electron chi connectivity index (χ1n) is 8.72. The fourth-order valence-electron chi connectivity index (χ4n) is 3.29. The fourth-order valence-corrected chi connectivity index (χ4v) is 4.36. The third kappa shape index (κ3) is 2.82. The summed E-state index contributed by atoms with van der Waals surface area (Å²) in [7, 11) is 0. The van der Waals surface area contributed by atoms with Gasteiger partial charge in [-0.15, -0.1) is 11.3 Å². The summed E-state index contributed by atoms with van der Waals surface area (Å²) in [5.41, 5.74) is 2.96. The first-order valence-corrected chi connectivity index (χ1v) is 9.53. The lowest BCUT2D eigenvalue weighted by atomic mass is 9.87. The van der Waals surface area contributed by atoms with Gasteiger partial charge >= 0.3 is 0 Å². The molecule has 26 heavy (non-hydrogen) atoms. The van der Waals surface area contributed by atoms with Crippen LogP contribution in [0.3, 0.4) is 0 Å². The largest absolute Gasteiger partial charge is 0.287 e. The van der Waals surface area contributed by atoms with Crippen molar-refractivity contribution in [2.75, 3.05) is 4.90 Å². The van der Waals surface area contributed by atoms with Crippen molar-refractivity contribution in [1.82, 2.24) is 4.98 Å². The molecule has 1 fully saturated rings. The molecule has 1 aromatic heterocycles. The summed E-state index contributed by atoms with van der Waals surface area (Å²) in [4.78, 5) is 18.8. The minimum Gasteiger partial charge on any atom is -0.287 e. The van der Waals surface area contributed by atoms with Crippen molar-refractivity contribution in [1.29, 1.82) is 5.41 Å². The highest BCUT2D eigenvalue weighted by atomic mass is 32.1. The molecular formula is C21H21N3OS. The van der Waals surface area contributed by atoms with Crippen LogP contribution in [0.4, 0.5) is 5.69 Å². The van der Waals surface area contributed by atoms with Crippen molar-refractivity contribution in [3.63, 3.8) is 0 Å². The molecule has 2 aromatic carbocycles. The van der Waals surface area contributed by atoms with Crippen molar-refractivity contribution in [3.05, 3.63) is 59.1 Å². The summed E-state index contributed by atoms with van der Waals surface area (Å²) in [6.45, 7) is 6.48. The zero-order valence-corrected chi connectivity index (χ0v) is 15.9. The van der Waals surface area contributed by atoms with E-state index in [1.807, 2.05) is 48.5 Å². The van der Waals surface area contributed by atoms with Crippen LogP contribution in [0.2, 0.25) is 0 Å². The molecule has 0 saturated carbocycles. The number of carbonyl (C=O) groups excluding carboxylic acids is 1. The average Bonchev–Trinajstić information content (AvgIpc) is 3.15. The first kappa shape index (κ1) is 16.9. The third-order valence-electron chi connectivity index (χ3n) is 4.80. The molecule has 1 saturated heterocycles. The number of hydrogen-bond acceptors (Lipinski definition) is 4. The summed E-state index contributed by atoms with van der Waals surface area (Å²) >= 11 is 1.57. The standard InChI is InChI=1S/C21H21N3OS/c1-21(2,3)13-8-10-14(11-9-13)24-18(25)12-15(19(24)22)20-23-16-6-4-5-7-17(16)26-20/h4-11,15,22H,12H2,1-3H3. The quantitative estimate of drug-likeness (QED) is 0.689. The number of nitrogens with one attached hydrogen (secondary N) is 1. The van der Waals surface area contributed by atoms with Gasteiger partial charge in [-0.05, 0) is 35.2 Å². The molecule has 1 amide bonds. The van der Waals surface area contributed by atoms with Gasteiger partial charge in [0.15, 0.2) is 0 Å². The highest BCUT2D eigenvalue weighted by Crippen LogP contribution is 2.37. The molecule has 1 aliphatic rings. The molecule has 132 valence electrons. The Morgan fingerprint density at radius 3 is 2.46 bits per heavy atom. The van der Waals surface area contributed by atoms with E-state index < -0.39 is 0 Å². The Morgan fingerprint density at radius 1 is 1.12 bits per heavy atom. The van der Waals surface area contributed by atoms with E-state index in [1.165, 1.54) is 10.5 Å². The van der Waals surface area contributed by atoms with Gasteiger partial charge in [0.05, 0.1) is 21.8 Å². The van der Waals surface area contributed by atoms with Crippen LogP contribution < -0.4 is 4.90 Å². The van der Waals surface area contributed by atoms with E-state index in [4.69, 9.17) is 5.41 Å². The number of thiazole rings is 1. The van der Waals surface area contributed by atoms with Crippen LogP contribution in [0.5, 0.6) is 0 Å². The maximum Gasteiger partial charge on any atom is 0.233 e. The van der Waals surface area contributed by atoms with E-state index in [2.05, 4.69) is 25.8 Å². The van der Waals surface area contributed by atoms with Crippen LogP contribution in [-0.2, 0) is 10.2 Å². The lowest BCUT2D eigenvalue weighted by Crippen LogP contribution is -2.29. The number of anilines is 1. The number of amidine groups is 1. The van der Waals surface area contributed by atoms with Crippen molar-refractivity contribution >= 4 is 39.0 Å². The zero-order chi connectivity index (χ0) is 18.5. The number of benzene rings is 2. The Kier molecular flexibility index (Phi) is 3.92. The van der Waals surface area contributed by atoms with E-state index in [0.717, 1.165) is 20.9 Å². The molecule has 1 aliphatic heterocycles. The van der Waals surface area contributed by atoms with Crippen molar-refractivity contribution in [2.45, 2.75) is 38.5 Å². The number of rotatable bonds is 2. The summed E-state index contributed by atoms with van der Waals surface area (Å²) in [6, 6.07) is 15.9. The predicted molar refractivity (Wildman–Crippen MR) is 107 cm³/mol. The third-order valence-corrected chi connectivity index (χ3v) is 5.95. The minimum absolute atomic E-state index is 0.0391. The van der Waals surface area contributed by atoms with Gasteiger partial charge in [0.2, 0.25) is 5.91 Å². The number of amides is 1. The highest BCUT2D eigenvalue weighted by Gasteiger charge is 2.39. The van der Waals surface area contributed by atoms with E-state index in [1.54, 1.807) is 11.3 Å². The van der Waals surface area contributed by atoms with Crippen LogP contribution in [0.1, 0.15) is 43.7 Å². The predicted octanol–water partition coefficient (Wildman–Crippen LogP) is 5.09. The van der Waals surface area contributed by atoms with E-state index in [9.17, 15) is 4.79 Å². The molecule has 4 nitrogen and oxygen atoms in total. The van der Waals surface area contributed by atoms with Crippen molar-refractivity contribution < 1.29 is 4.79 Å². The number of para-hydroxylation sites is 1. The lowest BCUT2D eigenvalue weighted by Gasteiger charge is -2.21. The number of carbonyl (C=O) groups is 1. The summed E-state index contributed by atoms with van der Waals surface area (Å²) in [5, 5.41) is 9.44.